The molecule has 0 aromatic carbocycles. The topological polar surface area (TPSA) is 13.0 Å². The van der Waals surface area contributed by atoms with E-state index in [0.29, 0.717) is 0 Å². The van der Waals surface area contributed by atoms with Crippen LogP contribution in [0.5, 0.6) is 0 Å². The summed E-state index contributed by atoms with van der Waals surface area (Å²) < 4.78 is 0. The molecule has 0 bridgehead atoms. The van der Waals surface area contributed by atoms with Crippen molar-refractivity contribution in [2.75, 3.05) is 80.5 Å². The van der Waals surface area contributed by atoms with Gasteiger partial charge >= 0.3 is 116 Å². The Morgan fingerprint density at radius 2 is 0.444 bits per heavy atom. The summed E-state index contributed by atoms with van der Waals surface area (Å²) in [6.07, 6.45) is 0. The molecule has 0 aromatic rings. The summed E-state index contributed by atoms with van der Waals surface area (Å²) in [5, 5.41) is 0. The number of hydrogen-bond acceptors (Lipinski definition) is 4. The molecule has 0 saturated carbocycles. The molecule has 2 rings (SSSR count). The predicted molar refractivity (Wildman–Crippen MR) is 172 cm³/mol. The van der Waals surface area contributed by atoms with E-state index in [1.807, 2.05) is 0 Å². The SMILES string of the molecule is CN1CCN(C)CC1.CN1CCN(C)CC1.C[Si](C)(C)[CH-][Si](C)(C)C.C[Si](C)(C)[CH-][Si](C)(C)C.[Rb+].[Rb+]. The molecule has 0 aromatic heterocycles. The second kappa shape index (κ2) is 22.8. The summed E-state index contributed by atoms with van der Waals surface area (Å²) in [5.74, 6) is 0. The van der Waals surface area contributed by atoms with Crippen molar-refractivity contribution < 1.29 is 116 Å². The van der Waals surface area contributed by atoms with E-state index in [1.54, 1.807) is 0 Å². The first kappa shape index (κ1) is 47.3. The maximum absolute atomic E-state index is 2.65. The van der Waals surface area contributed by atoms with Crippen LogP contribution in [0.25, 0.3) is 0 Å². The summed E-state index contributed by atoms with van der Waals surface area (Å²) in [6.45, 7) is 38.8. The Balaban J connectivity index is -0.000000186. The van der Waals surface area contributed by atoms with E-state index < -0.39 is 32.3 Å². The molecule has 0 amide bonds. The zero-order valence-corrected chi connectivity index (χ0v) is 42.4. The molecule has 2 aliphatic heterocycles. The van der Waals surface area contributed by atoms with Gasteiger partial charge in [0.05, 0.1) is 0 Å². The predicted octanol–water partition coefficient (Wildman–Crippen LogP) is -0.374. The summed E-state index contributed by atoms with van der Waals surface area (Å²) >= 11 is 0. The number of piperazine rings is 2. The van der Waals surface area contributed by atoms with Crippen LogP contribution in [-0.2, 0) is 0 Å². The molecular weight excluding hydrogens is 652 g/mol. The summed E-state index contributed by atoms with van der Waals surface area (Å²) in [4.78, 5) is 9.44. The van der Waals surface area contributed by atoms with Crippen molar-refractivity contribution in [1.82, 2.24) is 19.6 Å². The zero-order valence-electron chi connectivity index (χ0n) is 28.6. The van der Waals surface area contributed by atoms with Crippen LogP contribution in [0.2, 0.25) is 78.6 Å². The molecule has 2 heterocycles. The van der Waals surface area contributed by atoms with E-state index in [-0.39, 0.29) is 116 Å². The first-order chi connectivity index (χ1) is 15.0. The van der Waals surface area contributed by atoms with Crippen molar-refractivity contribution in [3.8, 4) is 0 Å². The van der Waals surface area contributed by atoms with E-state index >= 15 is 0 Å². The molecule has 4 nitrogen and oxygen atoms in total. The van der Waals surface area contributed by atoms with Gasteiger partial charge in [-0.05, 0) is 28.2 Å². The molecule has 36 heavy (non-hydrogen) atoms. The first-order valence-corrected chi connectivity index (χ1v) is 27.8. The van der Waals surface area contributed by atoms with Crippen LogP contribution < -0.4 is 116 Å². The fourth-order valence-corrected chi connectivity index (χ4v) is 25.2. The molecule has 2 aliphatic rings. The largest absolute Gasteiger partial charge is 1.00 e. The van der Waals surface area contributed by atoms with Gasteiger partial charge in [-0.3, -0.25) is 0 Å². The van der Waals surface area contributed by atoms with E-state index in [0.717, 1.165) is 0 Å². The van der Waals surface area contributed by atoms with Gasteiger partial charge in [0, 0.05) is 52.4 Å². The maximum atomic E-state index is 2.65. The third-order valence-electron chi connectivity index (χ3n) is 5.19. The minimum absolute atomic E-state index is 0. The molecule has 0 aliphatic carbocycles. The van der Waals surface area contributed by atoms with Gasteiger partial charge in [-0.15, -0.1) is 32.3 Å². The third kappa shape index (κ3) is 40.5. The molecule has 2 fully saturated rings. The molecule has 10 heteroatoms. The van der Waals surface area contributed by atoms with E-state index in [1.165, 1.54) is 52.4 Å². The smallest absolute Gasteiger partial charge is 0.327 e. The molecule has 2 saturated heterocycles. The van der Waals surface area contributed by atoms with Crippen LogP contribution in [0.4, 0.5) is 0 Å². The van der Waals surface area contributed by atoms with Crippen molar-refractivity contribution in [2.24, 2.45) is 0 Å². The van der Waals surface area contributed by atoms with Crippen LogP contribution in [-0.4, -0.2) is 132 Å². The summed E-state index contributed by atoms with van der Waals surface area (Å²) in [5.41, 5.74) is 5.31. The Kier molecular flexibility index (Phi) is 29.9. The van der Waals surface area contributed by atoms with Crippen LogP contribution in [0.1, 0.15) is 0 Å². The number of likely N-dealkylation sites (N-methyl/N-ethyl adjacent to an activating group) is 4. The molecule has 0 spiro atoms. The second-order valence-corrected chi connectivity index (χ2v) is 36.2. The normalized spacial score (nSPS) is 18.7. The number of hydrogen-bond donors (Lipinski definition) is 0. The Labute approximate surface area is 332 Å². The Bertz CT molecular complexity index is 410. The fraction of sp³-hybridized carbons (Fsp3) is 0.923. The van der Waals surface area contributed by atoms with Crippen molar-refractivity contribution in [3.63, 3.8) is 0 Å². The van der Waals surface area contributed by atoms with Crippen LogP contribution in [0.15, 0.2) is 0 Å². The van der Waals surface area contributed by atoms with Gasteiger partial charge in [0.15, 0.2) is 0 Å². The monoisotopic (exact) mass is 716 g/mol. The average Bonchev–Trinajstić information content (AvgIpc) is 2.55. The summed E-state index contributed by atoms with van der Waals surface area (Å²) in [6, 6.07) is 0. The molecule has 0 atom stereocenters. The standard InChI is InChI=1S/2C7H19Si2.2C6H14N2.2Rb/c2*1-8(2,3)7-9(4,5)6;2*1-7-3-5-8(2)6-4-7;;/h2*7H,1-6H3;2*3-6H2,1-2H3;;/q2*-1;;;2*+1. The quantitative estimate of drug-likeness (QED) is 0.291. The van der Waals surface area contributed by atoms with Gasteiger partial charge in [-0.2, -0.15) is 0 Å². The van der Waals surface area contributed by atoms with Crippen molar-refractivity contribution in [3.05, 3.63) is 11.3 Å². The molecule has 0 radical (unpaired) electrons. The minimum Gasteiger partial charge on any atom is -0.327 e. The number of rotatable bonds is 4. The van der Waals surface area contributed by atoms with Crippen molar-refractivity contribution in [2.45, 2.75) is 78.6 Å². The average molecular weight is 718 g/mol. The van der Waals surface area contributed by atoms with Crippen molar-refractivity contribution >= 4 is 32.3 Å². The summed E-state index contributed by atoms with van der Waals surface area (Å²) in [7, 11) is 5.27. The Hall–Kier alpha value is 4.32. The molecule has 0 unspecified atom stereocenters. The van der Waals surface area contributed by atoms with Gasteiger partial charge in [0.25, 0.3) is 0 Å². The van der Waals surface area contributed by atoms with Crippen LogP contribution in [0.3, 0.4) is 0 Å². The number of nitrogens with zero attached hydrogens (tertiary/aromatic N) is 4. The van der Waals surface area contributed by atoms with E-state index in [2.05, 4.69) is 138 Å². The molecule has 0 N–H and O–H groups in total. The van der Waals surface area contributed by atoms with Crippen molar-refractivity contribution in [1.29, 1.82) is 0 Å². The van der Waals surface area contributed by atoms with Gasteiger partial charge in [0.2, 0.25) is 0 Å². The third-order valence-corrected chi connectivity index (χ3v) is 19.0. The maximum Gasteiger partial charge on any atom is 1.00 e. The molecular formula is C26H66N4Rb2Si4. The second-order valence-electron chi connectivity index (χ2n) is 15.0. The van der Waals surface area contributed by atoms with E-state index in [9.17, 15) is 0 Å². The minimum atomic E-state index is -0.856. The Morgan fingerprint density at radius 1 is 0.333 bits per heavy atom. The van der Waals surface area contributed by atoms with Gasteiger partial charge in [-0.25, -0.2) is 0 Å². The van der Waals surface area contributed by atoms with Gasteiger partial charge in [0.1, 0.15) is 0 Å². The van der Waals surface area contributed by atoms with Crippen LogP contribution >= 0.6 is 0 Å². The van der Waals surface area contributed by atoms with Crippen LogP contribution in [0, 0.1) is 11.3 Å². The zero-order chi connectivity index (χ0) is 27.4. The van der Waals surface area contributed by atoms with E-state index in [4.69, 9.17) is 0 Å². The Morgan fingerprint density at radius 3 is 0.500 bits per heavy atom. The van der Waals surface area contributed by atoms with Gasteiger partial charge in [-0.1, -0.05) is 78.6 Å². The molecule has 208 valence electrons. The van der Waals surface area contributed by atoms with Gasteiger partial charge < -0.3 is 30.9 Å². The first-order valence-electron chi connectivity index (χ1n) is 13.5. The fourth-order valence-electron chi connectivity index (χ4n) is 4.41.